The first-order chi connectivity index (χ1) is 14.3. The molecule has 0 aliphatic carbocycles. The molecule has 0 atom stereocenters. The van der Waals surface area contributed by atoms with Crippen LogP contribution in [0.2, 0.25) is 0 Å². The quantitative estimate of drug-likeness (QED) is 0.585. The number of aromatic nitrogens is 2. The van der Waals surface area contributed by atoms with E-state index in [9.17, 15) is 18.4 Å². The van der Waals surface area contributed by atoms with Crippen molar-refractivity contribution in [3.63, 3.8) is 0 Å². The topological polar surface area (TPSA) is 73.2 Å². The second-order valence-electron chi connectivity index (χ2n) is 6.52. The maximum Gasteiger partial charge on any atom is 0.276 e. The van der Waals surface area contributed by atoms with Crippen molar-refractivity contribution in [3.8, 4) is 11.6 Å². The molecule has 0 saturated carbocycles. The Morgan fingerprint density at radius 1 is 1.23 bits per heavy atom. The van der Waals surface area contributed by atoms with Crippen molar-refractivity contribution >= 4 is 21.8 Å². The van der Waals surface area contributed by atoms with Gasteiger partial charge in [-0.25, -0.2) is 8.78 Å². The predicted octanol–water partition coefficient (Wildman–Crippen LogP) is 3.80. The van der Waals surface area contributed by atoms with Crippen molar-refractivity contribution in [2.75, 3.05) is 0 Å². The summed E-state index contributed by atoms with van der Waals surface area (Å²) in [5.74, 6) is -1.22. The van der Waals surface area contributed by atoms with Crippen molar-refractivity contribution in [1.29, 1.82) is 0 Å². The van der Waals surface area contributed by atoms with Crippen molar-refractivity contribution in [2.24, 2.45) is 0 Å². The first-order valence-corrected chi connectivity index (χ1v) is 9.75. The summed E-state index contributed by atoms with van der Waals surface area (Å²) in [6, 6.07) is 10.3. The number of ether oxygens (including phenoxy) is 1. The van der Waals surface area contributed by atoms with Crippen LogP contribution >= 0.6 is 15.9 Å². The summed E-state index contributed by atoms with van der Waals surface area (Å²) >= 11 is 3.20. The average Bonchev–Trinajstić information content (AvgIpc) is 2.69. The van der Waals surface area contributed by atoms with Gasteiger partial charge in [-0.2, -0.15) is 4.98 Å². The summed E-state index contributed by atoms with van der Waals surface area (Å²) in [5, 5.41) is 2.71. The van der Waals surface area contributed by atoms with Gasteiger partial charge in [0.25, 0.3) is 5.56 Å². The maximum absolute atomic E-state index is 13.8. The fourth-order valence-electron chi connectivity index (χ4n) is 2.80. The summed E-state index contributed by atoms with van der Waals surface area (Å²) < 4.78 is 33.8. The molecule has 1 aromatic heterocycles. The zero-order valence-corrected chi connectivity index (χ0v) is 17.8. The van der Waals surface area contributed by atoms with Gasteiger partial charge < -0.3 is 10.1 Å². The van der Waals surface area contributed by atoms with Crippen LogP contribution in [0.3, 0.4) is 0 Å². The van der Waals surface area contributed by atoms with E-state index in [2.05, 4.69) is 26.2 Å². The van der Waals surface area contributed by atoms with E-state index in [4.69, 9.17) is 4.74 Å². The molecule has 1 heterocycles. The third-order valence-corrected chi connectivity index (χ3v) is 4.93. The van der Waals surface area contributed by atoms with Crippen molar-refractivity contribution in [3.05, 3.63) is 85.9 Å². The predicted molar refractivity (Wildman–Crippen MR) is 110 cm³/mol. The van der Waals surface area contributed by atoms with Crippen LogP contribution in [0.5, 0.6) is 5.88 Å². The van der Waals surface area contributed by atoms with Gasteiger partial charge in [0.15, 0.2) is 0 Å². The number of carbonyl (C=O) groups excluding carboxylic acids is 1. The molecule has 3 rings (SSSR count). The summed E-state index contributed by atoms with van der Waals surface area (Å²) in [6.07, 6.45) is 0. The minimum Gasteiger partial charge on any atom is -0.472 e. The van der Waals surface area contributed by atoms with E-state index >= 15 is 0 Å². The van der Waals surface area contributed by atoms with Gasteiger partial charge in [0, 0.05) is 25.1 Å². The van der Waals surface area contributed by atoms with Crippen LogP contribution in [0.4, 0.5) is 8.78 Å². The van der Waals surface area contributed by atoms with Crippen molar-refractivity contribution in [2.45, 2.75) is 27.0 Å². The molecule has 0 aliphatic heterocycles. The maximum atomic E-state index is 13.8. The molecule has 6 nitrogen and oxygen atoms in total. The lowest BCUT2D eigenvalue weighted by Crippen LogP contribution is -2.24. The van der Waals surface area contributed by atoms with E-state index in [1.165, 1.54) is 17.6 Å². The van der Waals surface area contributed by atoms with Crippen LogP contribution in [0, 0.1) is 18.6 Å². The van der Waals surface area contributed by atoms with E-state index in [0.29, 0.717) is 18.1 Å². The standard InChI is InChI=1S/C21H18BrF2N3O3/c1-12-26-20(30-11-15-6-7-16(23)9-18(15)24)19(22)21(29)27(12)17-5-3-4-14(8-17)10-25-13(2)28/h3-9H,10-11H2,1-2H3,(H,25,28). The first kappa shape index (κ1) is 21.6. The molecule has 0 bridgehead atoms. The Hall–Kier alpha value is -3.07. The number of hydrogen-bond donors (Lipinski definition) is 1. The lowest BCUT2D eigenvalue weighted by atomic mass is 10.2. The van der Waals surface area contributed by atoms with Gasteiger partial charge >= 0.3 is 0 Å². The van der Waals surface area contributed by atoms with Gasteiger partial charge in [0.2, 0.25) is 11.8 Å². The number of nitrogens with zero attached hydrogens (tertiary/aromatic N) is 2. The van der Waals surface area contributed by atoms with E-state index in [1.807, 2.05) is 6.07 Å². The van der Waals surface area contributed by atoms with E-state index < -0.39 is 17.2 Å². The third kappa shape index (κ3) is 4.91. The Bertz CT molecular complexity index is 1160. The molecule has 3 aromatic rings. The molecule has 30 heavy (non-hydrogen) atoms. The molecule has 2 aromatic carbocycles. The highest BCUT2D eigenvalue weighted by molar-refractivity contribution is 9.10. The van der Waals surface area contributed by atoms with E-state index in [0.717, 1.165) is 17.7 Å². The lowest BCUT2D eigenvalue weighted by Gasteiger charge is -2.14. The highest BCUT2D eigenvalue weighted by atomic mass is 79.9. The smallest absolute Gasteiger partial charge is 0.276 e. The summed E-state index contributed by atoms with van der Waals surface area (Å²) in [6.45, 7) is 3.18. The Morgan fingerprint density at radius 2 is 2.00 bits per heavy atom. The number of carbonyl (C=O) groups is 1. The summed E-state index contributed by atoms with van der Waals surface area (Å²) in [4.78, 5) is 28.3. The average molecular weight is 478 g/mol. The summed E-state index contributed by atoms with van der Waals surface area (Å²) in [5.41, 5.74) is 1.12. The van der Waals surface area contributed by atoms with Gasteiger partial charge in [-0.1, -0.05) is 12.1 Å². The second-order valence-corrected chi connectivity index (χ2v) is 7.32. The van der Waals surface area contributed by atoms with Gasteiger partial charge in [-0.3, -0.25) is 14.2 Å². The molecule has 0 spiro atoms. The van der Waals surface area contributed by atoms with Crippen LogP contribution in [-0.2, 0) is 17.9 Å². The molecular weight excluding hydrogens is 460 g/mol. The zero-order valence-electron chi connectivity index (χ0n) is 16.2. The molecule has 0 saturated heterocycles. The summed E-state index contributed by atoms with van der Waals surface area (Å²) in [7, 11) is 0. The largest absolute Gasteiger partial charge is 0.472 e. The molecule has 1 N–H and O–H groups in total. The molecule has 0 unspecified atom stereocenters. The fraction of sp³-hybridized carbons (Fsp3) is 0.190. The Balaban J connectivity index is 1.89. The molecule has 1 amide bonds. The Labute approximate surface area is 179 Å². The first-order valence-electron chi connectivity index (χ1n) is 8.96. The van der Waals surface area contributed by atoms with Crippen LogP contribution in [0.1, 0.15) is 23.9 Å². The molecule has 156 valence electrons. The van der Waals surface area contributed by atoms with E-state index in [-0.39, 0.29) is 28.4 Å². The van der Waals surface area contributed by atoms with Crippen LogP contribution in [-0.4, -0.2) is 15.5 Å². The molecule has 0 fully saturated rings. The number of halogens is 3. The zero-order chi connectivity index (χ0) is 21.8. The fourth-order valence-corrected chi connectivity index (χ4v) is 3.18. The normalized spacial score (nSPS) is 10.7. The third-order valence-electron chi connectivity index (χ3n) is 4.26. The van der Waals surface area contributed by atoms with Crippen LogP contribution in [0.15, 0.2) is 51.7 Å². The number of amides is 1. The SMILES string of the molecule is CC(=O)NCc1cccc(-n2c(C)nc(OCc3ccc(F)cc3F)c(Br)c2=O)c1. The highest BCUT2D eigenvalue weighted by Gasteiger charge is 2.16. The minimum atomic E-state index is -0.743. The molecule has 9 heteroatoms. The Morgan fingerprint density at radius 3 is 2.70 bits per heavy atom. The van der Waals surface area contributed by atoms with Gasteiger partial charge in [0.1, 0.15) is 28.5 Å². The number of hydrogen-bond acceptors (Lipinski definition) is 4. The molecule has 0 aliphatic rings. The molecule has 0 radical (unpaired) electrons. The number of nitrogens with one attached hydrogen (secondary N) is 1. The number of aryl methyl sites for hydroxylation is 1. The van der Waals surface area contributed by atoms with Crippen molar-refractivity contribution < 1.29 is 18.3 Å². The second kappa shape index (κ2) is 9.17. The van der Waals surface area contributed by atoms with Crippen LogP contribution < -0.4 is 15.6 Å². The van der Waals surface area contributed by atoms with Gasteiger partial charge in [-0.15, -0.1) is 0 Å². The van der Waals surface area contributed by atoms with Gasteiger partial charge in [0.05, 0.1) is 5.69 Å². The van der Waals surface area contributed by atoms with Crippen LogP contribution in [0.25, 0.3) is 5.69 Å². The molecular formula is C21H18BrF2N3O3. The van der Waals surface area contributed by atoms with E-state index in [1.54, 1.807) is 25.1 Å². The van der Waals surface area contributed by atoms with Crippen molar-refractivity contribution in [1.82, 2.24) is 14.9 Å². The minimum absolute atomic E-state index is 0.00637. The highest BCUT2D eigenvalue weighted by Crippen LogP contribution is 2.22. The Kier molecular flexibility index (Phi) is 6.61. The number of rotatable bonds is 6. The lowest BCUT2D eigenvalue weighted by molar-refractivity contribution is -0.119. The number of benzene rings is 2. The van der Waals surface area contributed by atoms with Gasteiger partial charge in [-0.05, 0) is 52.7 Å². The monoisotopic (exact) mass is 477 g/mol.